The zero-order chi connectivity index (χ0) is 9.14. The number of nitrogens with zero attached hydrogens (tertiary/aromatic N) is 1. The molecule has 12 heavy (non-hydrogen) atoms. The van der Waals surface area contributed by atoms with Crippen LogP contribution in [0.2, 0.25) is 0 Å². The molecular formula is C9H10ClNS. The number of allylic oxidation sites excluding steroid dienone is 2. The van der Waals surface area contributed by atoms with Gasteiger partial charge in [-0.25, -0.2) is 4.98 Å². The highest BCUT2D eigenvalue weighted by molar-refractivity contribution is 7.09. The Labute approximate surface area is 80.7 Å². The van der Waals surface area contributed by atoms with E-state index in [1.807, 2.05) is 26.0 Å². The van der Waals surface area contributed by atoms with Gasteiger partial charge in [0.15, 0.2) is 0 Å². The summed E-state index contributed by atoms with van der Waals surface area (Å²) >= 11 is 7.41. The summed E-state index contributed by atoms with van der Waals surface area (Å²) < 4.78 is 0.965. The van der Waals surface area contributed by atoms with Gasteiger partial charge in [-0.15, -0.1) is 11.3 Å². The lowest BCUT2D eigenvalue weighted by molar-refractivity contribution is 1.23. The van der Waals surface area contributed by atoms with E-state index in [9.17, 15) is 0 Å². The van der Waals surface area contributed by atoms with Gasteiger partial charge in [-0.1, -0.05) is 24.3 Å². The third-order valence-electron chi connectivity index (χ3n) is 1.38. The fourth-order valence-corrected chi connectivity index (χ4v) is 1.63. The molecule has 1 rings (SSSR count). The van der Waals surface area contributed by atoms with Crippen LogP contribution in [-0.4, -0.2) is 4.98 Å². The van der Waals surface area contributed by atoms with Gasteiger partial charge in [-0.3, -0.25) is 0 Å². The Bertz CT molecular complexity index is 403. The minimum Gasteiger partial charge on any atom is -0.241 e. The van der Waals surface area contributed by atoms with Crippen molar-refractivity contribution in [3.8, 4) is 0 Å². The van der Waals surface area contributed by atoms with Crippen LogP contribution < -0.4 is 9.88 Å². The smallest absolute Gasteiger partial charge is 0.0907 e. The molecule has 0 aliphatic heterocycles. The first-order valence-corrected chi connectivity index (χ1v) is 4.79. The van der Waals surface area contributed by atoms with Crippen LogP contribution >= 0.6 is 22.9 Å². The molecule has 0 amide bonds. The minimum absolute atomic E-state index is 0.699. The van der Waals surface area contributed by atoms with Crippen LogP contribution in [0, 0.1) is 6.92 Å². The van der Waals surface area contributed by atoms with Gasteiger partial charge in [0.1, 0.15) is 0 Å². The number of aromatic nitrogens is 1. The molecule has 0 saturated heterocycles. The topological polar surface area (TPSA) is 12.9 Å². The Balaban J connectivity index is 3.28. The summed E-state index contributed by atoms with van der Waals surface area (Å²) in [6.07, 6.45) is 3.66. The molecule has 1 aromatic rings. The molecule has 0 unspecified atom stereocenters. The molecule has 0 spiro atoms. The molecule has 0 saturated carbocycles. The zero-order valence-electron chi connectivity index (χ0n) is 7.10. The van der Waals surface area contributed by atoms with Crippen LogP contribution in [0.3, 0.4) is 0 Å². The summed E-state index contributed by atoms with van der Waals surface area (Å²) in [6, 6.07) is 0. The van der Waals surface area contributed by atoms with Crippen molar-refractivity contribution in [1.82, 2.24) is 4.98 Å². The Kier molecular flexibility index (Phi) is 3.06. The summed E-state index contributed by atoms with van der Waals surface area (Å²) in [5.74, 6) is 0. The monoisotopic (exact) mass is 199 g/mol. The van der Waals surface area contributed by atoms with Gasteiger partial charge >= 0.3 is 0 Å². The maximum absolute atomic E-state index is 5.82. The number of hydrogen-bond acceptors (Lipinski definition) is 2. The van der Waals surface area contributed by atoms with E-state index in [2.05, 4.69) is 11.6 Å². The average Bonchev–Trinajstić information content (AvgIpc) is 2.30. The summed E-state index contributed by atoms with van der Waals surface area (Å²) in [4.78, 5) is 4.27. The van der Waals surface area contributed by atoms with Crippen LogP contribution in [0.1, 0.15) is 11.9 Å². The predicted molar refractivity (Wildman–Crippen MR) is 55.7 cm³/mol. The molecule has 0 N–H and O–H groups in total. The van der Waals surface area contributed by atoms with E-state index in [-0.39, 0.29) is 0 Å². The molecule has 0 aliphatic carbocycles. The molecule has 1 heterocycles. The molecule has 0 radical (unpaired) electrons. The van der Waals surface area contributed by atoms with E-state index in [0.29, 0.717) is 5.03 Å². The number of aryl methyl sites for hydroxylation is 1. The lowest BCUT2D eigenvalue weighted by Gasteiger charge is -1.81. The van der Waals surface area contributed by atoms with Gasteiger partial charge in [-0.05, 0) is 19.9 Å². The first-order valence-electron chi connectivity index (χ1n) is 3.59. The van der Waals surface area contributed by atoms with Crippen molar-refractivity contribution in [2.75, 3.05) is 0 Å². The van der Waals surface area contributed by atoms with E-state index in [0.717, 1.165) is 14.9 Å². The van der Waals surface area contributed by atoms with Crippen LogP contribution in [0.4, 0.5) is 0 Å². The third-order valence-corrected chi connectivity index (χ3v) is 2.55. The predicted octanol–water partition coefficient (Wildman–Crippen LogP) is 1.78. The fourth-order valence-electron chi connectivity index (χ4n) is 0.812. The van der Waals surface area contributed by atoms with Crippen LogP contribution in [-0.2, 0) is 0 Å². The quantitative estimate of drug-likeness (QED) is 0.672. The largest absolute Gasteiger partial charge is 0.241 e. The Morgan fingerprint density at radius 3 is 2.75 bits per heavy atom. The van der Waals surface area contributed by atoms with E-state index in [4.69, 9.17) is 11.6 Å². The van der Waals surface area contributed by atoms with Gasteiger partial charge in [0.2, 0.25) is 0 Å². The fraction of sp³-hybridized carbons (Fsp3) is 0.222. The van der Waals surface area contributed by atoms with Crippen molar-refractivity contribution >= 4 is 35.6 Å². The third kappa shape index (κ3) is 2.19. The molecule has 1 nitrogen and oxygen atoms in total. The molecular weight excluding hydrogens is 190 g/mol. The van der Waals surface area contributed by atoms with E-state index >= 15 is 0 Å². The first kappa shape index (κ1) is 9.49. The van der Waals surface area contributed by atoms with E-state index in [1.165, 1.54) is 0 Å². The molecule has 3 heteroatoms. The summed E-state index contributed by atoms with van der Waals surface area (Å²) in [7, 11) is 0. The number of halogens is 1. The second-order valence-electron chi connectivity index (χ2n) is 2.36. The van der Waals surface area contributed by atoms with E-state index in [1.54, 1.807) is 11.3 Å². The SMILES string of the molecule is C=c1sc(C)n/c1=C/C(Cl)=C\C. The molecule has 64 valence electrons. The van der Waals surface area contributed by atoms with Crippen LogP contribution in [0.15, 0.2) is 11.1 Å². The molecule has 0 bridgehead atoms. The maximum atomic E-state index is 5.82. The standard InChI is InChI=1S/C9H10ClNS/c1-4-8(10)5-9-6(2)12-7(3)11-9/h4-5H,2H2,1,3H3/b8-4+,9-5+. The van der Waals surface area contributed by atoms with Crippen LogP contribution in [0.25, 0.3) is 12.7 Å². The number of hydrogen-bond donors (Lipinski definition) is 0. The zero-order valence-corrected chi connectivity index (χ0v) is 8.67. The summed E-state index contributed by atoms with van der Waals surface area (Å²) in [5, 5.41) is 2.60. The Hall–Kier alpha value is -0.600. The lowest BCUT2D eigenvalue weighted by atomic mass is 10.4. The summed E-state index contributed by atoms with van der Waals surface area (Å²) in [5.41, 5.74) is 0. The Morgan fingerprint density at radius 2 is 2.33 bits per heavy atom. The van der Waals surface area contributed by atoms with Crippen molar-refractivity contribution in [1.29, 1.82) is 0 Å². The van der Waals surface area contributed by atoms with Gasteiger partial charge in [0, 0.05) is 9.56 Å². The second-order valence-corrected chi connectivity index (χ2v) is 4.08. The number of rotatable bonds is 1. The van der Waals surface area contributed by atoms with Gasteiger partial charge < -0.3 is 0 Å². The van der Waals surface area contributed by atoms with Crippen molar-refractivity contribution < 1.29 is 0 Å². The first-order chi connectivity index (χ1) is 5.63. The summed E-state index contributed by atoms with van der Waals surface area (Å²) in [6.45, 7) is 7.72. The molecule has 1 aromatic heterocycles. The number of thiazole rings is 1. The molecule has 0 aromatic carbocycles. The Morgan fingerprint density at radius 1 is 1.67 bits per heavy atom. The van der Waals surface area contributed by atoms with Crippen molar-refractivity contribution in [3.63, 3.8) is 0 Å². The van der Waals surface area contributed by atoms with Crippen LogP contribution in [0.5, 0.6) is 0 Å². The molecule has 0 fully saturated rings. The second kappa shape index (κ2) is 3.87. The highest BCUT2D eigenvalue weighted by Gasteiger charge is 1.92. The highest BCUT2D eigenvalue weighted by Crippen LogP contribution is 2.00. The van der Waals surface area contributed by atoms with Gasteiger partial charge in [-0.2, -0.15) is 0 Å². The lowest BCUT2D eigenvalue weighted by Crippen LogP contribution is -2.18. The molecule has 0 aliphatic rings. The van der Waals surface area contributed by atoms with Gasteiger partial charge in [0.05, 0.1) is 10.4 Å². The molecule has 0 atom stereocenters. The van der Waals surface area contributed by atoms with E-state index < -0.39 is 0 Å². The maximum Gasteiger partial charge on any atom is 0.0907 e. The average molecular weight is 200 g/mol. The van der Waals surface area contributed by atoms with Gasteiger partial charge in [0.25, 0.3) is 0 Å². The van der Waals surface area contributed by atoms with Crippen molar-refractivity contribution in [2.24, 2.45) is 0 Å². The normalized spacial score (nSPS) is 13.9. The minimum atomic E-state index is 0.699. The van der Waals surface area contributed by atoms with Crippen molar-refractivity contribution in [3.05, 3.63) is 26.0 Å². The van der Waals surface area contributed by atoms with Crippen molar-refractivity contribution in [2.45, 2.75) is 13.8 Å². The highest BCUT2D eigenvalue weighted by atomic mass is 35.5.